The highest BCUT2D eigenvalue weighted by molar-refractivity contribution is 8.00. The van der Waals surface area contributed by atoms with Crippen molar-refractivity contribution < 1.29 is 34.0 Å². The Labute approximate surface area is 221 Å². The molecule has 37 heavy (non-hydrogen) atoms. The van der Waals surface area contributed by atoms with Crippen LogP contribution in [-0.4, -0.2) is 101 Å². The van der Waals surface area contributed by atoms with Gasteiger partial charge >= 0.3 is 5.97 Å². The molecule has 2 rings (SSSR count). The number of carbonyl (C=O) groups is 1. The molecule has 0 bridgehead atoms. The Kier molecular flexibility index (Phi) is 16.1. The van der Waals surface area contributed by atoms with Crippen LogP contribution in [-0.2, 0) is 23.7 Å². The molecule has 0 fully saturated rings. The van der Waals surface area contributed by atoms with Crippen molar-refractivity contribution in [1.82, 2.24) is 20.6 Å². The Morgan fingerprint density at radius 1 is 1.08 bits per heavy atom. The Morgan fingerprint density at radius 3 is 2.49 bits per heavy atom. The number of rotatable bonds is 21. The second-order valence-corrected chi connectivity index (χ2v) is 9.00. The Balaban J connectivity index is 1.75. The van der Waals surface area contributed by atoms with E-state index in [2.05, 4.69) is 20.6 Å². The van der Waals surface area contributed by atoms with Crippen molar-refractivity contribution in [2.24, 2.45) is 0 Å². The SMILES string of the molecule is COCCOCCOCCOCC/C=C\C=C\[C@@H](SCCC(=O)O)[C@@H](O)c1cccc(-c2nn[nH]n2)c1. The highest BCUT2D eigenvalue weighted by atomic mass is 32.2. The summed E-state index contributed by atoms with van der Waals surface area (Å²) in [6.45, 7) is 3.79. The molecule has 1 aromatic heterocycles. The fourth-order valence-electron chi connectivity index (χ4n) is 3.05. The summed E-state index contributed by atoms with van der Waals surface area (Å²) in [7, 11) is 1.63. The van der Waals surface area contributed by atoms with Crippen molar-refractivity contribution in [2.75, 3.05) is 59.1 Å². The summed E-state index contributed by atoms with van der Waals surface area (Å²) in [5.41, 5.74) is 1.41. The second kappa shape index (κ2) is 19.5. The zero-order valence-corrected chi connectivity index (χ0v) is 21.8. The summed E-state index contributed by atoms with van der Waals surface area (Å²) in [6.07, 6.45) is 7.51. The molecule has 0 aliphatic carbocycles. The number of thioether (sulfide) groups is 1. The third-order valence-corrected chi connectivity index (χ3v) is 6.16. The Bertz CT molecular complexity index is 928. The standard InChI is InChI=1S/C25H36N4O7S/c1-33-12-13-35-16-17-36-15-14-34-11-5-3-2-4-9-22(37-18-10-23(30)31)24(32)20-7-6-8-21(19-20)25-26-28-29-27-25/h2-4,6-9,19,22,24,32H,5,10-18H2,1H3,(H,30,31)(H,26,27,28,29)/b3-2-,9-4+/t22-,24+/m1/s1. The number of ether oxygens (including phenoxy) is 4. The highest BCUT2D eigenvalue weighted by Gasteiger charge is 2.20. The molecule has 0 saturated heterocycles. The lowest BCUT2D eigenvalue weighted by atomic mass is 10.0. The number of aromatic amines is 1. The summed E-state index contributed by atoms with van der Waals surface area (Å²) in [5, 5.41) is 33.6. The van der Waals surface area contributed by atoms with E-state index in [-0.39, 0.29) is 11.7 Å². The quantitative estimate of drug-likeness (QED) is 0.160. The fourth-order valence-corrected chi connectivity index (χ4v) is 4.16. The van der Waals surface area contributed by atoms with Crippen LogP contribution < -0.4 is 0 Å². The van der Waals surface area contributed by atoms with Crippen LogP contribution in [0.5, 0.6) is 0 Å². The lowest BCUT2D eigenvalue weighted by Crippen LogP contribution is -2.14. The van der Waals surface area contributed by atoms with E-state index in [0.717, 1.165) is 12.0 Å². The number of allylic oxidation sites excluding steroid dienone is 2. The van der Waals surface area contributed by atoms with Gasteiger partial charge in [0.2, 0.25) is 5.82 Å². The zero-order valence-electron chi connectivity index (χ0n) is 21.0. The molecule has 204 valence electrons. The van der Waals surface area contributed by atoms with Crippen LogP contribution in [0.2, 0.25) is 0 Å². The normalized spacial score (nSPS) is 13.5. The molecular weight excluding hydrogens is 500 g/mol. The summed E-state index contributed by atoms with van der Waals surface area (Å²) < 4.78 is 21.2. The minimum Gasteiger partial charge on any atom is -0.481 e. The first-order valence-electron chi connectivity index (χ1n) is 12.0. The smallest absolute Gasteiger partial charge is 0.304 e. The molecule has 0 saturated carbocycles. The van der Waals surface area contributed by atoms with Crippen LogP contribution in [0.25, 0.3) is 11.4 Å². The van der Waals surface area contributed by atoms with Gasteiger partial charge in [-0.2, -0.15) is 17.0 Å². The van der Waals surface area contributed by atoms with E-state index < -0.39 is 12.1 Å². The van der Waals surface area contributed by atoms with Gasteiger partial charge in [0.25, 0.3) is 0 Å². The van der Waals surface area contributed by atoms with E-state index in [9.17, 15) is 9.90 Å². The third kappa shape index (κ3) is 13.5. The number of nitrogens with one attached hydrogen (secondary N) is 1. The van der Waals surface area contributed by atoms with Crippen molar-refractivity contribution in [3.8, 4) is 11.4 Å². The van der Waals surface area contributed by atoms with Crippen molar-refractivity contribution in [3.05, 3.63) is 54.1 Å². The van der Waals surface area contributed by atoms with Gasteiger partial charge in [0.15, 0.2) is 0 Å². The topological polar surface area (TPSA) is 149 Å². The van der Waals surface area contributed by atoms with Crippen molar-refractivity contribution in [1.29, 1.82) is 0 Å². The Hall–Kier alpha value is -2.61. The number of H-pyrrole nitrogens is 1. The summed E-state index contributed by atoms with van der Waals surface area (Å²) in [4.78, 5) is 10.9. The van der Waals surface area contributed by atoms with E-state index >= 15 is 0 Å². The maximum Gasteiger partial charge on any atom is 0.304 e. The molecule has 2 atom stereocenters. The molecule has 2 aromatic rings. The predicted octanol–water partition coefficient (Wildman–Crippen LogP) is 2.68. The highest BCUT2D eigenvalue weighted by Crippen LogP contribution is 2.30. The van der Waals surface area contributed by atoms with Crippen molar-refractivity contribution in [2.45, 2.75) is 24.2 Å². The van der Waals surface area contributed by atoms with E-state index in [1.165, 1.54) is 11.8 Å². The maximum atomic E-state index is 11.0. The maximum absolute atomic E-state index is 11.0. The van der Waals surface area contributed by atoms with Gasteiger partial charge in [-0.15, -0.1) is 10.2 Å². The first-order chi connectivity index (χ1) is 18.1. The average Bonchev–Trinajstić information content (AvgIpc) is 3.44. The van der Waals surface area contributed by atoms with E-state index in [0.29, 0.717) is 63.4 Å². The van der Waals surface area contributed by atoms with Gasteiger partial charge < -0.3 is 29.2 Å². The number of hydrogen-bond acceptors (Lipinski definition) is 10. The van der Waals surface area contributed by atoms with Crippen LogP contribution in [0.15, 0.2) is 48.6 Å². The largest absolute Gasteiger partial charge is 0.481 e. The van der Waals surface area contributed by atoms with Gasteiger partial charge in [-0.05, 0) is 23.3 Å². The molecule has 12 heteroatoms. The molecule has 0 spiro atoms. The summed E-state index contributed by atoms with van der Waals surface area (Å²) in [5.74, 6) is -0.0574. The van der Waals surface area contributed by atoms with Crippen molar-refractivity contribution >= 4 is 17.7 Å². The molecule has 1 aromatic carbocycles. The zero-order chi connectivity index (χ0) is 26.6. The summed E-state index contributed by atoms with van der Waals surface area (Å²) in [6, 6.07) is 7.27. The molecule has 0 unspecified atom stereocenters. The number of tetrazole rings is 1. The number of hydrogen-bond donors (Lipinski definition) is 3. The number of methoxy groups -OCH3 is 1. The van der Waals surface area contributed by atoms with Gasteiger partial charge in [-0.25, -0.2) is 0 Å². The minimum absolute atomic E-state index is 0.0162. The lowest BCUT2D eigenvalue weighted by Gasteiger charge is -2.20. The number of carboxylic acid groups (broad SMARTS) is 1. The van der Waals surface area contributed by atoms with Gasteiger partial charge in [0.05, 0.1) is 64.0 Å². The van der Waals surface area contributed by atoms with Crippen LogP contribution in [0.1, 0.15) is 24.5 Å². The number of aliphatic hydroxyl groups excluding tert-OH is 1. The number of aromatic nitrogens is 4. The molecule has 11 nitrogen and oxygen atoms in total. The van der Waals surface area contributed by atoms with Crippen LogP contribution in [0.4, 0.5) is 0 Å². The Morgan fingerprint density at radius 2 is 1.81 bits per heavy atom. The van der Waals surface area contributed by atoms with E-state index in [4.69, 9.17) is 24.1 Å². The number of aliphatic hydroxyl groups is 1. The van der Waals surface area contributed by atoms with Gasteiger partial charge in [-0.3, -0.25) is 4.79 Å². The van der Waals surface area contributed by atoms with Gasteiger partial charge in [-0.1, -0.05) is 42.5 Å². The number of carboxylic acids is 1. The first kappa shape index (κ1) is 30.6. The average molecular weight is 537 g/mol. The monoisotopic (exact) mass is 536 g/mol. The fraction of sp³-hybridized carbons (Fsp3) is 0.520. The molecule has 1 heterocycles. The van der Waals surface area contributed by atoms with Gasteiger partial charge in [0.1, 0.15) is 0 Å². The molecular formula is C25H36N4O7S. The molecule has 0 radical (unpaired) electrons. The minimum atomic E-state index is -0.871. The number of benzene rings is 1. The lowest BCUT2D eigenvalue weighted by molar-refractivity contribution is -0.136. The van der Waals surface area contributed by atoms with E-state index in [1.807, 2.05) is 42.5 Å². The second-order valence-electron chi connectivity index (χ2n) is 7.72. The molecule has 0 aliphatic heterocycles. The molecule has 3 N–H and O–H groups in total. The number of aliphatic carboxylic acids is 1. The van der Waals surface area contributed by atoms with Crippen LogP contribution in [0, 0.1) is 0 Å². The molecule has 0 aliphatic rings. The van der Waals surface area contributed by atoms with E-state index in [1.54, 1.807) is 13.2 Å². The predicted molar refractivity (Wildman–Crippen MR) is 140 cm³/mol. The van der Waals surface area contributed by atoms with Crippen LogP contribution in [0.3, 0.4) is 0 Å². The third-order valence-electron chi connectivity index (χ3n) is 4.92. The van der Waals surface area contributed by atoms with Gasteiger partial charge in [0, 0.05) is 18.4 Å². The van der Waals surface area contributed by atoms with Crippen molar-refractivity contribution in [3.63, 3.8) is 0 Å². The first-order valence-corrected chi connectivity index (χ1v) is 13.1. The number of nitrogens with zero attached hydrogens (tertiary/aromatic N) is 3. The molecule has 0 amide bonds. The van der Waals surface area contributed by atoms with Crippen LogP contribution >= 0.6 is 11.8 Å². The summed E-state index contributed by atoms with van der Waals surface area (Å²) >= 11 is 1.39.